The Morgan fingerprint density at radius 1 is 1.12 bits per heavy atom. The van der Waals surface area contributed by atoms with Gasteiger partial charge in [-0.15, -0.1) is 0 Å². The summed E-state index contributed by atoms with van der Waals surface area (Å²) in [6.07, 6.45) is 1.45. The Bertz CT molecular complexity index is 643. The highest BCUT2D eigenvalue weighted by Gasteiger charge is 2.31. The van der Waals surface area contributed by atoms with Gasteiger partial charge in [-0.2, -0.15) is 0 Å². The molecule has 1 aromatic heterocycles. The molecule has 1 N–H and O–H groups in total. The lowest BCUT2D eigenvalue weighted by Gasteiger charge is -2.35. The molecule has 26 heavy (non-hydrogen) atoms. The first-order valence-corrected chi connectivity index (χ1v) is 9.44. The van der Waals surface area contributed by atoms with Gasteiger partial charge < -0.3 is 24.3 Å². The molecule has 2 aliphatic heterocycles. The Hall–Kier alpha value is -2.02. The van der Waals surface area contributed by atoms with Crippen molar-refractivity contribution in [2.45, 2.75) is 39.7 Å². The summed E-state index contributed by atoms with van der Waals surface area (Å²) in [5.74, 6) is 1.92. The average Bonchev–Trinajstić information content (AvgIpc) is 3.00. The first-order valence-electron chi connectivity index (χ1n) is 9.44. The molecule has 3 rings (SSSR count). The number of urea groups is 1. The fourth-order valence-electron chi connectivity index (χ4n) is 3.81. The van der Waals surface area contributed by atoms with E-state index >= 15 is 0 Å². The van der Waals surface area contributed by atoms with Crippen molar-refractivity contribution in [2.75, 3.05) is 39.4 Å². The number of nitrogens with zero attached hydrogens (tertiary/aromatic N) is 2. The zero-order chi connectivity index (χ0) is 18.7. The van der Waals surface area contributed by atoms with E-state index in [1.165, 1.54) is 0 Å². The minimum atomic E-state index is -0.104. The Labute approximate surface area is 154 Å². The number of rotatable bonds is 3. The van der Waals surface area contributed by atoms with Crippen molar-refractivity contribution < 1.29 is 18.7 Å². The lowest BCUT2D eigenvalue weighted by molar-refractivity contribution is -0.141. The quantitative estimate of drug-likeness (QED) is 0.894. The van der Waals surface area contributed by atoms with Gasteiger partial charge in [0.05, 0.1) is 19.3 Å². The van der Waals surface area contributed by atoms with Crippen LogP contribution in [-0.2, 0) is 9.53 Å². The number of morpholine rings is 1. The van der Waals surface area contributed by atoms with Gasteiger partial charge in [0.15, 0.2) is 0 Å². The van der Waals surface area contributed by atoms with Crippen molar-refractivity contribution in [1.82, 2.24) is 15.1 Å². The highest BCUT2D eigenvalue weighted by molar-refractivity contribution is 5.80. The number of hydrogen-bond acceptors (Lipinski definition) is 4. The Kier molecular flexibility index (Phi) is 5.86. The van der Waals surface area contributed by atoms with Gasteiger partial charge in [0.25, 0.3) is 0 Å². The van der Waals surface area contributed by atoms with Crippen molar-refractivity contribution >= 4 is 11.9 Å². The van der Waals surface area contributed by atoms with E-state index in [2.05, 4.69) is 5.32 Å². The maximum absolute atomic E-state index is 12.6. The van der Waals surface area contributed by atoms with Gasteiger partial charge in [0.1, 0.15) is 11.5 Å². The second-order valence-electron chi connectivity index (χ2n) is 7.24. The number of ether oxygens (including phenoxy) is 1. The minimum Gasteiger partial charge on any atom is -0.466 e. The molecule has 7 heteroatoms. The monoisotopic (exact) mass is 363 g/mol. The van der Waals surface area contributed by atoms with Crippen molar-refractivity contribution in [1.29, 1.82) is 0 Å². The summed E-state index contributed by atoms with van der Waals surface area (Å²) in [7, 11) is 0. The number of likely N-dealkylation sites (tertiary alicyclic amines) is 1. The van der Waals surface area contributed by atoms with E-state index in [4.69, 9.17) is 9.15 Å². The third-order valence-electron chi connectivity index (χ3n) is 5.34. The van der Waals surface area contributed by atoms with Crippen molar-refractivity contribution in [2.24, 2.45) is 5.92 Å². The third-order valence-corrected chi connectivity index (χ3v) is 5.34. The predicted octanol–water partition coefficient (Wildman–Crippen LogP) is 2.24. The first kappa shape index (κ1) is 18.8. The number of hydrogen-bond donors (Lipinski definition) is 1. The molecule has 3 amide bonds. The van der Waals surface area contributed by atoms with Crippen LogP contribution in [0.15, 0.2) is 10.5 Å². The summed E-state index contributed by atoms with van der Waals surface area (Å²) in [5, 5.41) is 3.04. The highest BCUT2D eigenvalue weighted by atomic mass is 16.5. The number of carbonyl (C=O) groups is 2. The summed E-state index contributed by atoms with van der Waals surface area (Å²) in [4.78, 5) is 28.8. The molecule has 0 saturated carbocycles. The van der Waals surface area contributed by atoms with Gasteiger partial charge in [-0.25, -0.2) is 4.79 Å². The summed E-state index contributed by atoms with van der Waals surface area (Å²) in [5.41, 5.74) is 1.01. The Morgan fingerprint density at radius 2 is 1.77 bits per heavy atom. The average molecular weight is 363 g/mol. The third kappa shape index (κ3) is 4.20. The number of aryl methyl sites for hydroxylation is 2. The van der Waals surface area contributed by atoms with Crippen LogP contribution in [0.4, 0.5) is 4.79 Å². The van der Waals surface area contributed by atoms with E-state index in [-0.39, 0.29) is 23.9 Å². The molecular weight excluding hydrogens is 334 g/mol. The topological polar surface area (TPSA) is 75.0 Å². The van der Waals surface area contributed by atoms with Gasteiger partial charge in [0, 0.05) is 37.7 Å². The van der Waals surface area contributed by atoms with E-state index in [0.29, 0.717) is 39.4 Å². The number of carbonyl (C=O) groups excluding carboxylic acids is 2. The molecule has 1 atom stereocenters. The Balaban J connectivity index is 1.48. The zero-order valence-corrected chi connectivity index (χ0v) is 15.9. The minimum absolute atomic E-state index is 0.0216. The van der Waals surface area contributed by atoms with Crippen LogP contribution in [0.3, 0.4) is 0 Å². The molecule has 144 valence electrons. The zero-order valence-electron chi connectivity index (χ0n) is 15.9. The van der Waals surface area contributed by atoms with Crippen LogP contribution in [-0.4, -0.2) is 61.1 Å². The molecule has 0 spiro atoms. The fourth-order valence-corrected chi connectivity index (χ4v) is 3.81. The first-order chi connectivity index (χ1) is 12.5. The van der Waals surface area contributed by atoms with E-state index in [9.17, 15) is 9.59 Å². The summed E-state index contributed by atoms with van der Waals surface area (Å²) >= 11 is 0. The van der Waals surface area contributed by atoms with E-state index in [1.54, 1.807) is 0 Å². The van der Waals surface area contributed by atoms with Gasteiger partial charge in [-0.05, 0) is 39.7 Å². The molecule has 3 heterocycles. The molecule has 2 aliphatic rings. The van der Waals surface area contributed by atoms with Crippen LogP contribution in [0.25, 0.3) is 0 Å². The van der Waals surface area contributed by atoms with Crippen LogP contribution < -0.4 is 5.32 Å². The van der Waals surface area contributed by atoms with Gasteiger partial charge in [0.2, 0.25) is 5.91 Å². The van der Waals surface area contributed by atoms with E-state index in [0.717, 1.165) is 29.9 Å². The standard InChI is InChI=1S/C19H29N3O4/c1-13-12-17(15(3)26-13)14(2)20-19(24)22-6-4-16(5-7-22)18(23)21-8-10-25-11-9-21/h12,14,16H,4-11H2,1-3H3,(H,20,24). The summed E-state index contributed by atoms with van der Waals surface area (Å²) in [6.45, 7) is 9.61. The van der Waals surface area contributed by atoms with Gasteiger partial charge >= 0.3 is 6.03 Å². The van der Waals surface area contributed by atoms with Crippen LogP contribution >= 0.6 is 0 Å². The predicted molar refractivity (Wildman–Crippen MR) is 96.8 cm³/mol. The molecule has 7 nitrogen and oxygen atoms in total. The molecular formula is C19H29N3O4. The molecule has 2 fully saturated rings. The fraction of sp³-hybridized carbons (Fsp3) is 0.684. The lowest BCUT2D eigenvalue weighted by atomic mass is 9.95. The second-order valence-corrected chi connectivity index (χ2v) is 7.24. The summed E-state index contributed by atoms with van der Waals surface area (Å²) in [6, 6.07) is 1.79. The maximum atomic E-state index is 12.6. The van der Waals surface area contributed by atoms with Crippen molar-refractivity contribution in [3.63, 3.8) is 0 Å². The van der Waals surface area contributed by atoms with Crippen LogP contribution in [0.2, 0.25) is 0 Å². The van der Waals surface area contributed by atoms with Crippen LogP contribution in [0, 0.1) is 19.8 Å². The van der Waals surface area contributed by atoms with E-state index < -0.39 is 0 Å². The smallest absolute Gasteiger partial charge is 0.317 e. The molecule has 2 saturated heterocycles. The molecule has 0 bridgehead atoms. The molecule has 0 radical (unpaired) electrons. The van der Waals surface area contributed by atoms with Crippen molar-refractivity contribution in [3.8, 4) is 0 Å². The van der Waals surface area contributed by atoms with Crippen LogP contribution in [0.5, 0.6) is 0 Å². The largest absolute Gasteiger partial charge is 0.466 e. The Morgan fingerprint density at radius 3 is 2.35 bits per heavy atom. The normalized spacial score (nSPS) is 20.1. The van der Waals surface area contributed by atoms with Gasteiger partial charge in [-0.3, -0.25) is 4.79 Å². The number of furan rings is 1. The number of amides is 3. The number of nitrogens with one attached hydrogen (secondary N) is 1. The summed E-state index contributed by atoms with van der Waals surface area (Å²) < 4.78 is 10.9. The molecule has 0 aliphatic carbocycles. The maximum Gasteiger partial charge on any atom is 0.317 e. The number of piperidine rings is 1. The van der Waals surface area contributed by atoms with E-state index in [1.807, 2.05) is 36.6 Å². The lowest BCUT2D eigenvalue weighted by Crippen LogP contribution is -2.49. The SMILES string of the molecule is Cc1cc(C(C)NC(=O)N2CCC(C(=O)N3CCOCC3)CC2)c(C)o1. The molecule has 1 unspecified atom stereocenters. The molecule has 0 aromatic carbocycles. The van der Waals surface area contributed by atoms with Gasteiger partial charge in [-0.1, -0.05) is 0 Å². The second kappa shape index (κ2) is 8.12. The van der Waals surface area contributed by atoms with Crippen LogP contribution in [0.1, 0.15) is 42.9 Å². The van der Waals surface area contributed by atoms with Crippen molar-refractivity contribution in [3.05, 3.63) is 23.2 Å². The highest BCUT2D eigenvalue weighted by Crippen LogP contribution is 2.23. The molecule has 1 aromatic rings.